The third-order valence-electron chi connectivity index (χ3n) is 3.87. The molecule has 0 aliphatic heterocycles. The fraction of sp³-hybridized carbons (Fsp3) is 0.600. The van der Waals surface area contributed by atoms with Crippen LogP contribution >= 0.6 is 0 Å². The number of hydrogen-bond acceptors (Lipinski definition) is 1. The van der Waals surface area contributed by atoms with E-state index in [-0.39, 0.29) is 0 Å². The van der Waals surface area contributed by atoms with Crippen molar-refractivity contribution in [3.63, 3.8) is 0 Å². The Hall–Kier alpha value is -0.820. The molecule has 0 heterocycles. The second-order valence-corrected chi connectivity index (χ2v) is 5.44. The number of benzene rings is 1. The zero-order valence-electron chi connectivity index (χ0n) is 10.6. The molecule has 1 aromatic carbocycles. The standard InChI is InChI=1S/C15H23N/c1-3-13-5-7-14(8-6-13)11-16-12-15(2)9-4-10-15/h5-8,16H,3-4,9-12H2,1-2H3. The molecule has 1 fully saturated rings. The summed E-state index contributed by atoms with van der Waals surface area (Å²) in [5.74, 6) is 0. The summed E-state index contributed by atoms with van der Waals surface area (Å²) in [4.78, 5) is 0. The van der Waals surface area contributed by atoms with Gasteiger partial charge in [0, 0.05) is 13.1 Å². The van der Waals surface area contributed by atoms with Crippen molar-refractivity contribution in [2.45, 2.75) is 46.1 Å². The van der Waals surface area contributed by atoms with Gasteiger partial charge in [-0.15, -0.1) is 0 Å². The normalized spacial score (nSPS) is 18.1. The lowest BCUT2D eigenvalue weighted by Gasteiger charge is -2.38. The van der Waals surface area contributed by atoms with E-state index in [0.717, 1.165) is 13.0 Å². The van der Waals surface area contributed by atoms with Gasteiger partial charge in [-0.05, 0) is 35.8 Å². The lowest BCUT2D eigenvalue weighted by Crippen LogP contribution is -2.36. The van der Waals surface area contributed by atoms with Gasteiger partial charge in [0.25, 0.3) is 0 Å². The van der Waals surface area contributed by atoms with Gasteiger partial charge in [-0.1, -0.05) is 44.5 Å². The number of hydrogen-bond donors (Lipinski definition) is 1. The molecular formula is C15H23N. The van der Waals surface area contributed by atoms with Crippen LogP contribution in [0.15, 0.2) is 24.3 Å². The quantitative estimate of drug-likeness (QED) is 0.795. The van der Waals surface area contributed by atoms with Gasteiger partial charge >= 0.3 is 0 Å². The van der Waals surface area contributed by atoms with Crippen LogP contribution in [0.3, 0.4) is 0 Å². The Morgan fingerprint density at radius 1 is 1.12 bits per heavy atom. The van der Waals surface area contributed by atoms with Gasteiger partial charge in [-0.2, -0.15) is 0 Å². The molecule has 0 saturated heterocycles. The van der Waals surface area contributed by atoms with Gasteiger partial charge in [0.2, 0.25) is 0 Å². The highest BCUT2D eigenvalue weighted by atomic mass is 14.9. The largest absolute Gasteiger partial charge is 0.312 e. The average molecular weight is 217 g/mol. The van der Waals surface area contributed by atoms with E-state index < -0.39 is 0 Å². The minimum atomic E-state index is 0.587. The molecule has 0 unspecified atom stereocenters. The van der Waals surface area contributed by atoms with Crippen LogP contribution < -0.4 is 5.32 Å². The smallest absolute Gasteiger partial charge is 0.0205 e. The van der Waals surface area contributed by atoms with Crippen molar-refractivity contribution in [1.29, 1.82) is 0 Å². The van der Waals surface area contributed by atoms with Gasteiger partial charge in [-0.3, -0.25) is 0 Å². The average Bonchev–Trinajstić information content (AvgIpc) is 2.28. The first-order chi connectivity index (χ1) is 7.72. The first-order valence-electron chi connectivity index (χ1n) is 6.50. The summed E-state index contributed by atoms with van der Waals surface area (Å²) in [6.45, 7) is 6.77. The molecule has 0 spiro atoms. The summed E-state index contributed by atoms with van der Waals surface area (Å²) in [5, 5.41) is 3.58. The highest BCUT2D eigenvalue weighted by Crippen LogP contribution is 2.39. The molecule has 1 aromatic rings. The molecule has 0 bridgehead atoms. The fourth-order valence-corrected chi connectivity index (χ4v) is 2.36. The molecule has 0 aromatic heterocycles. The highest BCUT2D eigenvalue weighted by molar-refractivity contribution is 5.22. The van der Waals surface area contributed by atoms with Crippen LogP contribution in [-0.2, 0) is 13.0 Å². The van der Waals surface area contributed by atoms with E-state index in [1.165, 1.54) is 36.9 Å². The van der Waals surface area contributed by atoms with E-state index in [4.69, 9.17) is 0 Å². The van der Waals surface area contributed by atoms with Crippen LogP contribution in [-0.4, -0.2) is 6.54 Å². The summed E-state index contributed by atoms with van der Waals surface area (Å²) in [5.41, 5.74) is 3.42. The number of nitrogens with one attached hydrogen (secondary N) is 1. The zero-order valence-corrected chi connectivity index (χ0v) is 10.6. The molecular weight excluding hydrogens is 194 g/mol. The van der Waals surface area contributed by atoms with Crippen LogP contribution in [0.25, 0.3) is 0 Å². The van der Waals surface area contributed by atoms with Crippen molar-refractivity contribution in [3.05, 3.63) is 35.4 Å². The molecule has 0 atom stereocenters. The first-order valence-corrected chi connectivity index (χ1v) is 6.50. The van der Waals surface area contributed by atoms with Crippen molar-refractivity contribution >= 4 is 0 Å². The molecule has 1 aliphatic carbocycles. The minimum absolute atomic E-state index is 0.587. The molecule has 88 valence electrons. The predicted molar refractivity (Wildman–Crippen MR) is 69.5 cm³/mol. The Kier molecular flexibility index (Phi) is 3.65. The summed E-state index contributed by atoms with van der Waals surface area (Å²) in [6.07, 6.45) is 5.35. The van der Waals surface area contributed by atoms with Crippen molar-refractivity contribution in [1.82, 2.24) is 5.32 Å². The molecule has 0 amide bonds. The van der Waals surface area contributed by atoms with Crippen LogP contribution in [0.2, 0.25) is 0 Å². The lowest BCUT2D eigenvalue weighted by molar-refractivity contribution is 0.156. The van der Waals surface area contributed by atoms with Crippen LogP contribution in [0.4, 0.5) is 0 Å². The summed E-state index contributed by atoms with van der Waals surface area (Å²) >= 11 is 0. The van der Waals surface area contributed by atoms with E-state index in [1.807, 2.05) is 0 Å². The molecule has 16 heavy (non-hydrogen) atoms. The highest BCUT2D eigenvalue weighted by Gasteiger charge is 2.30. The van der Waals surface area contributed by atoms with Crippen molar-refractivity contribution < 1.29 is 0 Å². The van der Waals surface area contributed by atoms with Crippen molar-refractivity contribution in [2.24, 2.45) is 5.41 Å². The maximum Gasteiger partial charge on any atom is 0.0205 e. The predicted octanol–water partition coefficient (Wildman–Crippen LogP) is 3.53. The van der Waals surface area contributed by atoms with Gasteiger partial charge in [-0.25, -0.2) is 0 Å². The van der Waals surface area contributed by atoms with Gasteiger partial charge in [0.05, 0.1) is 0 Å². The Balaban J connectivity index is 1.76. The van der Waals surface area contributed by atoms with E-state index in [9.17, 15) is 0 Å². The van der Waals surface area contributed by atoms with Gasteiger partial charge < -0.3 is 5.32 Å². The second kappa shape index (κ2) is 5.01. The molecule has 1 heteroatoms. The Morgan fingerprint density at radius 2 is 1.75 bits per heavy atom. The SMILES string of the molecule is CCc1ccc(CNCC2(C)CCC2)cc1. The maximum absolute atomic E-state index is 3.58. The van der Waals surface area contributed by atoms with E-state index in [2.05, 4.69) is 43.4 Å². The number of rotatable bonds is 5. The van der Waals surface area contributed by atoms with Crippen LogP contribution in [0.1, 0.15) is 44.2 Å². The van der Waals surface area contributed by atoms with Crippen LogP contribution in [0, 0.1) is 5.41 Å². The Morgan fingerprint density at radius 3 is 2.25 bits per heavy atom. The third kappa shape index (κ3) is 2.85. The molecule has 1 nitrogen and oxygen atoms in total. The summed E-state index contributed by atoms with van der Waals surface area (Å²) in [7, 11) is 0. The Labute approximate surface area is 99.3 Å². The topological polar surface area (TPSA) is 12.0 Å². The van der Waals surface area contributed by atoms with E-state index in [0.29, 0.717) is 5.41 Å². The first kappa shape index (κ1) is 11.7. The van der Waals surface area contributed by atoms with E-state index >= 15 is 0 Å². The third-order valence-corrected chi connectivity index (χ3v) is 3.87. The molecule has 1 N–H and O–H groups in total. The molecule has 1 saturated carbocycles. The van der Waals surface area contributed by atoms with Crippen LogP contribution in [0.5, 0.6) is 0 Å². The maximum atomic E-state index is 3.58. The second-order valence-electron chi connectivity index (χ2n) is 5.44. The summed E-state index contributed by atoms with van der Waals surface area (Å²) in [6, 6.07) is 8.97. The van der Waals surface area contributed by atoms with Crippen molar-refractivity contribution in [3.8, 4) is 0 Å². The van der Waals surface area contributed by atoms with E-state index in [1.54, 1.807) is 0 Å². The fourth-order valence-electron chi connectivity index (χ4n) is 2.36. The zero-order chi connectivity index (χ0) is 11.4. The Bertz CT molecular complexity index is 322. The van der Waals surface area contributed by atoms with Crippen molar-refractivity contribution in [2.75, 3.05) is 6.54 Å². The molecule has 2 rings (SSSR count). The number of aryl methyl sites for hydroxylation is 1. The van der Waals surface area contributed by atoms with Gasteiger partial charge in [0.15, 0.2) is 0 Å². The summed E-state index contributed by atoms with van der Waals surface area (Å²) < 4.78 is 0. The minimum Gasteiger partial charge on any atom is -0.312 e. The van der Waals surface area contributed by atoms with Gasteiger partial charge in [0.1, 0.15) is 0 Å². The molecule has 0 radical (unpaired) electrons. The molecule has 1 aliphatic rings. The lowest BCUT2D eigenvalue weighted by atomic mass is 9.70. The monoisotopic (exact) mass is 217 g/mol.